The molecule has 0 saturated heterocycles. The van der Waals surface area contributed by atoms with Crippen molar-refractivity contribution < 1.29 is 4.74 Å². The Balaban J connectivity index is 1.55. The molecule has 0 bridgehead atoms. The molecule has 2 aromatic rings. The number of nitrogens with zero attached hydrogens (tertiary/aromatic N) is 4. The van der Waals surface area contributed by atoms with Gasteiger partial charge in [0.2, 0.25) is 0 Å². The summed E-state index contributed by atoms with van der Waals surface area (Å²) in [6.45, 7) is 7.06. The van der Waals surface area contributed by atoms with E-state index in [-0.39, 0.29) is 5.41 Å². The Morgan fingerprint density at radius 1 is 1.38 bits per heavy atom. The molecule has 2 N–H and O–H groups in total. The van der Waals surface area contributed by atoms with Crippen LogP contribution in [0.25, 0.3) is 5.82 Å². The minimum Gasteiger partial charge on any atom is -0.381 e. The summed E-state index contributed by atoms with van der Waals surface area (Å²) in [5.41, 5.74) is 1.19. The lowest BCUT2D eigenvalue weighted by Crippen LogP contribution is -2.63. The van der Waals surface area contributed by atoms with E-state index in [0.717, 1.165) is 29.6 Å². The first-order valence-electron chi connectivity index (χ1n) is 8.91. The molecule has 0 radical (unpaired) electrons. The minimum atomic E-state index is 0.0955. The number of hydrogen-bond acceptors (Lipinski definition) is 4. The molecule has 2 heterocycles. The van der Waals surface area contributed by atoms with Gasteiger partial charge in [-0.25, -0.2) is 9.97 Å². The molecule has 0 spiro atoms. The number of methoxy groups -OCH3 is 1. The summed E-state index contributed by atoms with van der Waals surface area (Å²) in [6.07, 6.45) is 6.85. The summed E-state index contributed by atoms with van der Waals surface area (Å²) in [5.74, 6) is 2.59. The molecule has 3 rings (SSSR count). The molecule has 1 aliphatic rings. The Morgan fingerprint density at radius 2 is 2.19 bits per heavy atom. The van der Waals surface area contributed by atoms with Gasteiger partial charge in [0.1, 0.15) is 11.6 Å². The first-order valence-corrected chi connectivity index (χ1v) is 8.91. The van der Waals surface area contributed by atoms with Crippen molar-refractivity contribution in [3.05, 3.63) is 42.1 Å². The van der Waals surface area contributed by atoms with E-state index < -0.39 is 0 Å². The van der Waals surface area contributed by atoms with Gasteiger partial charge in [-0.3, -0.25) is 9.56 Å². The Kier molecular flexibility index (Phi) is 5.27. The summed E-state index contributed by atoms with van der Waals surface area (Å²) in [4.78, 5) is 13.1. The van der Waals surface area contributed by atoms with Crippen LogP contribution in [0.1, 0.15) is 31.7 Å². The molecule has 1 saturated carbocycles. The Hall–Kier alpha value is -2.41. The molecule has 0 amide bonds. The molecular formula is C19H28N6O. The van der Waals surface area contributed by atoms with E-state index in [1.54, 1.807) is 20.4 Å². The number of aryl methyl sites for hydroxylation is 1. The average molecular weight is 356 g/mol. The molecule has 140 valence electrons. The smallest absolute Gasteiger partial charge is 0.191 e. The highest BCUT2D eigenvalue weighted by molar-refractivity contribution is 5.80. The number of imidazole rings is 1. The summed E-state index contributed by atoms with van der Waals surface area (Å²) >= 11 is 0. The van der Waals surface area contributed by atoms with Gasteiger partial charge in [-0.05, 0) is 25.0 Å². The SMILES string of the molecule is CN=C(NCc1ccc(-n2ccnc2C)nc1)NC1CC(OC)C1(C)C. The van der Waals surface area contributed by atoms with Crippen LogP contribution in [0.4, 0.5) is 0 Å². The lowest BCUT2D eigenvalue weighted by atomic mass is 9.64. The second kappa shape index (κ2) is 7.45. The van der Waals surface area contributed by atoms with Gasteiger partial charge in [-0.1, -0.05) is 19.9 Å². The van der Waals surface area contributed by atoms with Crippen LogP contribution in [-0.4, -0.2) is 46.8 Å². The lowest BCUT2D eigenvalue weighted by Gasteiger charge is -2.51. The van der Waals surface area contributed by atoms with Crippen LogP contribution in [0, 0.1) is 12.3 Å². The van der Waals surface area contributed by atoms with Gasteiger partial charge < -0.3 is 15.4 Å². The molecule has 1 fully saturated rings. The van der Waals surface area contributed by atoms with E-state index in [1.165, 1.54) is 0 Å². The normalized spacial score (nSPS) is 22.0. The highest BCUT2D eigenvalue weighted by Crippen LogP contribution is 2.42. The maximum absolute atomic E-state index is 5.51. The topological polar surface area (TPSA) is 76.4 Å². The summed E-state index contributed by atoms with van der Waals surface area (Å²) in [6, 6.07) is 4.42. The van der Waals surface area contributed by atoms with Crippen LogP contribution in [-0.2, 0) is 11.3 Å². The van der Waals surface area contributed by atoms with Crippen LogP contribution >= 0.6 is 0 Å². The van der Waals surface area contributed by atoms with Gasteiger partial charge in [0.05, 0.1) is 6.10 Å². The van der Waals surface area contributed by atoms with Crippen LogP contribution in [0.5, 0.6) is 0 Å². The predicted molar refractivity (Wildman–Crippen MR) is 102 cm³/mol. The van der Waals surface area contributed by atoms with Crippen LogP contribution in [0.2, 0.25) is 0 Å². The van der Waals surface area contributed by atoms with Crippen molar-refractivity contribution in [2.75, 3.05) is 14.2 Å². The predicted octanol–water partition coefficient (Wildman–Crippen LogP) is 2.05. The van der Waals surface area contributed by atoms with Crippen molar-refractivity contribution in [3.8, 4) is 5.82 Å². The molecule has 7 heteroatoms. The van der Waals surface area contributed by atoms with Gasteiger partial charge >= 0.3 is 0 Å². The number of rotatable bonds is 5. The van der Waals surface area contributed by atoms with Crippen molar-refractivity contribution in [2.45, 2.75) is 45.9 Å². The quantitative estimate of drug-likeness (QED) is 0.633. The van der Waals surface area contributed by atoms with Gasteiger partial charge in [-0.15, -0.1) is 0 Å². The summed E-state index contributed by atoms with van der Waals surface area (Å²) in [7, 11) is 3.57. The highest BCUT2D eigenvalue weighted by atomic mass is 16.5. The number of ether oxygens (including phenoxy) is 1. The number of nitrogens with one attached hydrogen (secondary N) is 2. The van der Waals surface area contributed by atoms with Gasteiger partial charge in [0.15, 0.2) is 5.96 Å². The fraction of sp³-hybridized carbons (Fsp3) is 0.526. The van der Waals surface area contributed by atoms with Crippen LogP contribution in [0.15, 0.2) is 35.7 Å². The van der Waals surface area contributed by atoms with E-state index >= 15 is 0 Å². The van der Waals surface area contributed by atoms with Gasteiger partial charge in [-0.2, -0.15) is 0 Å². The first-order chi connectivity index (χ1) is 12.5. The average Bonchev–Trinajstić information content (AvgIpc) is 3.07. The first kappa shape index (κ1) is 18.4. The van der Waals surface area contributed by atoms with Crippen molar-refractivity contribution in [1.29, 1.82) is 0 Å². The molecule has 1 aliphatic carbocycles. The van der Waals surface area contributed by atoms with E-state index in [2.05, 4.69) is 45.5 Å². The third kappa shape index (κ3) is 3.58. The molecule has 0 aliphatic heterocycles. The zero-order valence-corrected chi connectivity index (χ0v) is 16.2. The van der Waals surface area contributed by atoms with Gasteiger partial charge in [0.25, 0.3) is 0 Å². The van der Waals surface area contributed by atoms with Crippen molar-refractivity contribution in [3.63, 3.8) is 0 Å². The number of pyridine rings is 1. The molecule has 2 aromatic heterocycles. The monoisotopic (exact) mass is 356 g/mol. The fourth-order valence-electron chi connectivity index (χ4n) is 3.36. The third-order valence-electron chi connectivity index (χ3n) is 5.34. The van der Waals surface area contributed by atoms with E-state index in [0.29, 0.717) is 18.7 Å². The Bertz CT molecular complexity index is 765. The Morgan fingerprint density at radius 3 is 2.73 bits per heavy atom. The van der Waals surface area contributed by atoms with E-state index in [9.17, 15) is 0 Å². The Labute approximate surface area is 154 Å². The number of hydrogen-bond donors (Lipinski definition) is 2. The molecule has 0 aromatic carbocycles. The standard InChI is InChI=1S/C19H28N6O/c1-13-21-8-9-25(13)17-7-6-14(11-22-17)12-23-18(20-4)24-15-10-16(26-5)19(15,2)3/h6-9,11,15-16H,10,12H2,1-5H3,(H2,20,23,24). The third-order valence-corrected chi connectivity index (χ3v) is 5.34. The van der Waals surface area contributed by atoms with Gasteiger partial charge in [0, 0.05) is 50.7 Å². The fourth-order valence-corrected chi connectivity index (χ4v) is 3.36. The minimum absolute atomic E-state index is 0.0955. The summed E-state index contributed by atoms with van der Waals surface area (Å²) in [5, 5.41) is 6.86. The molecule has 2 atom stereocenters. The zero-order chi connectivity index (χ0) is 18.7. The molecular weight excluding hydrogens is 328 g/mol. The number of guanidine groups is 1. The molecule has 26 heavy (non-hydrogen) atoms. The highest BCUT2D eigenvalue weighted by Gasteiger charge is 2.48. The van der Waals surface area contributed by atoms with Crippen LogP contribution in [0.3, 0.4) is 0 Å². The van der Waals surface area contributed by atoms with E-state index in [1.807, 2.05) is 30.0 Å². The maximum Gasteiger partial charge on any atom is 0.191 e. The number of aliphatic imine (C=N–C) groups is 1. The molecule has 2 unspecified atom stereocenters. The van der Waals surface area contributed by atoms with Crippen molar-refractivity contribution in [2.24, 2.45) is 10.4 Å². The van der Waals surface area contributed by atoms with Crippen LogP contribution < -0.4 is 10.6 Å². The second-order valence-corrected chi connectivity index (χ2v) is 7.27. The van der Waals surface area contributed by atoms with E-state index in [4.69, 9.17) is 4.74 Å². The summed E-state index contributed by atoms with van der Waals surface area (Å²) < 4.78 is 7.47. The van der Waals surface area contributed by atoms with Crippen molar-refractivity contribution >= 4 is 5.96 Å². The molecule has 7 nitrogen and oxygen atoms in total. The maximum atomic E-state index is 5.51. The lowest BCUT2D eigenvalue weighted by molar-refractivity contribution is -0.0922. The largest absolute Gasteiger partial charge is 0.381 e. The second-order valence-electron chi connectivity index (χ2n) is 7.27. The zero-order valence-electron chi connectivity index (χ0n) is 16.2. The van der Waals surface area contributed by atoms with Crippen molar-refractivity contribution in [1.82, 2.24) is 25.2 Å². The number of aromatic nitrogens is 3.